The fourth-order valence-corrected chi connectivity index (χ4v) is 6.76. The Morgan fingerprint density at radius 3 is 2.75 bits per heavy atom. The number of nitrogens with zero attached hydrogens (tertiary/aromatic N) is 3. The van der Waals surface area contributed by atoms with Crippen molar-refractivity contribution in [1.29, 1.82) is 0 Å². The molecule has 7 nitrogen and oxygen atoms in total. The summed E-state index contributed by atoms with van der Waals surface area (Å²) in [6, 6.07) is 7.21. The smallest absolute Gasteiger partial charge is 0.334 e. The van der Waals surface area contributed by atoms with Crippen LogP contribution in [0.5, 0.6) is 0 Å². The van der Waals surface area contributed by atoms with Crippen molar-refractivity contribution in [3.63, 3.8) is 0 Å². The number of alkyl halides is 2. The van der Waals surface area contributed by atoms with E-state index in [1.54, 1.807) is 12.1 Å². The summed E-state index contributed by atoms with van der Waals surface area (Å²) in [6.45, 7) is -0.0670. The van der Waals surface area contributed by atoms with Crippen LogP contribution in [0.3, 0.4) is 0 Å². The third kappa shape index (κ3) is 3.97. The van der Waals surface area contributed by atoms with Crippen LogP contribution in [-0.4, -0.2) is 43.9 Å². The van der Waals surface area contributed by atoms with E-state index in [2.05, 4.69) is 4.98 Å². The minimum Gasteiger partial charge on any atom is -0.347 e. The van der Waals surface area contributed by atoms with Gasteiger partial charge in [-0.2, -0.15) is 0 Å². The van der Waals surface area contributed by atoms with Gasteiger partial charge < -0.3 is 9.47 Å². The van der Waals surface area contributed by atoms with E-state index in [-0.39, 0.29) is 30.9 Å². The Kier molecular flexibility index (Phi) is 5.59. The molecule has 0 unspecified atom stereocenters. The molecule has 2 aliphatic rings. The van der Waals surface area contributed by atoms with Gasteiger partial charge in [0.1, 0.15) is 4.83 Å². The summed E-state index contributed by atoms with van der Waals surface area (Å²) in [7, 11) is 0. The van der Waals surface area contributed by atoms with E-state index in [9.17, 15) is 23.2 Å². The molecule has 1 amide bonds. The second kappa shape index (κ2) is 8.69. The minimum atomic E-state index is -2.80. The molecule has 3 aromatic heterocycles. The molecule has 1 aromatic carbocycles. The molecule has 1 aliphatic carbocycles. The topological polar surface area (TPSA) is 80.1 Å². The summed E-state index contributed by atoms with van der Waals surface area (Å²) in [5.74, 6) is -3.08. The third-order valence-corrected chi connectivity index (χ3v) is 8.57. The standard InChI is InChI=1S/C26H26F2N4O3S/c27-26(28)10-13-31(15-26)21(33)9-12-30-11-8-16-14-17(6-7-19(16)30)32-24(34)22-18-4-2-1-3-5-20(18)36-23(22)29-25(32)35/h6-8,11,14H,1-5,9-10,12-13,15H2,(H,29,35). The molecule has 188 valence electrons. The molecule has 1 N–H and O–H groups in total. The minimum absolute atomic E-state index is 0.0859. The highest BCUT2D eigenvalue weighted by Gasteiger charge is 2.39. The molecule has 0 bridgehead atoms. The zero-order chi connectivity index (χ0) is 25.0. The number of fused-ring (bicyclic) bond motifs is 4. The van der Waals surface area contributed by atoms with Crippen LogP contribution in [0.2, 0.25) is 0 Å². The average Bonchev–Trinajstić information content (AvgIpc) is 3.47. The first-order valence-corrected chi connectivity index (χ1v) is 13.2. The fraction of sp³-hybridized carbons (Fsp3) is 0.423. The molecule has 36 heavy (non-hydrogen) atoms. The Bertz CT molecular complexity index is 1610. The Morgan fingerprint density at radius 1 is 1.11 bits per heavy atom. The summed E-state index contributed by atoms with van der Waals surface area (Å²) in [5, 5.41) is 1.45. The van der Waals surface area contributed by atoms with Gasteiger partial charge >= 0.3 is 5.69 Å². The van der Waals surface area contributed by atoms with E-state index in [4.69, 9.17) is 0 Å². The van der Waals surface area contributed by atoms with E-state index in [0.29, 0.717) is 22.4 Å². The predicted octanol–water partition coefficient (Wildman–Crippen LogP) is 4.22. The Balaban J connectivity index is 1.30. The van der Waals surface area contributed by atoms with Gasteiger partial charge in [-0.1, -0.05) is 6.42 Å². The molecule has 1 fully saturated rings. The lowest BCUT2D eigenvalue weighted by molar-refractivity contribution is -0.131. The summed E-state index contributed by atoms with van der Waals surface area (Å²) in [5.41, 5.74) is 1.65. The first-order valence-electron chi connectivity index (χ1n) is 12.4. The number of thiophene rings is 1. The number of hydrogen-bond acceptors (Lipinski definition) is 4. The van der Waals surface area contributed by atoms with Crippen molar-refractivity contribution in [2.75, 3.05) is 13.1 Å². The van der Waals surface area contributed by atoms with Crippen molar-refractivity contribution >= 4 is 38.4 Å². The van der Waals surface area contributed by atoms with Crippen LogP contribution in [0, 0.1) is 0 Å². The van der Waals surface area contributed by atoms with E-state index in [1.807, 2.05) is 22.9 Å². The van der Waals surface area contributed by atoms with Crippen LogP contribution in [-0.2, 0) is 24.2 Å². The van der Waals surface area contributed by atoms with E-state index in [1.165, 1.54) is 25.7 Å². The molecule has 1 saturated heterocycles. The van der Waals surface area contributed by atoms with Crippen molar-refractivity contribution in [1.82, 2.24) is 19.0 Å². The number of nitrogens with one attached hydrogen (secondary N) is 1. The normalized spacial score (nSPS) is 17.6. The lowest BCUT2D eigenvalue weighted by Gasteiger charge is -2.16. The van der Waals surface area contributed by atoms with Crippen LogP contribution in [0.4, 0.5) is 8.78 Å². The van der Waals surface area contributed by atoms with Gasteiger partial charge in [0.2, 0.25) is 5.91 Å². The summed E-state index contributed by atoms with van der Waals surface area (Å²) in [4.78, 5) is 44.9. The van der Waals surface area contributed by atoms with E-state index < -0.39 is 18.2 Å². The van der Waals surface area contributed by atoms with Gasteiger partial charge in [-0.15, -0.1) is 11.3 Å². The van der Waals surface area contributed by atoms with Crippen molar-refractivity contribution in [3.05, 3.63) is 61.7 Å². The quantitative estimate of drug-likeness (QED) is 0.416. The summed E-state index contributed by atoms with van der Waals surface area (Å²) >= 11 is 1.52. The number of rotatable bonds is 4. The molecule has 4 aromatic rings. The number of carbonyl (C=O) groups excluding carboxylic acids is 1. The molecular formula is C26H26F2N4O3S. The molecule has 1 aliphatic heterocycles. The highest BCUT2D eigenvalue weighted by Crippen LogP contribution is 2.33. The highest BCUT2D eigenvalue weighted by molar-refractivity contribution is 7.18. The SMILES string of the molecule is O=C(CCn1ccc2cc(-n3c(=O)[nH]c4sc5c(c4c3=O)CCCCC5)ccc21)N1CCC(F)(F)C1. The summed E-state index contributed by atoms with van der Waals surface area (Å²) in [6.07, 6.45) is 6.75. The molecule has 0 radical (unpaired) electrons. The van der Waals surface area contributed by atoms with Crippen LogP contribution in [0.25, 0.3) is 26.8 Å². The number of amides is 1. The average molecular weight is 513 g/mol. The van der Waals surface area contributed by atoms with Crippen LogP contribution >= 0.6 is 11.3 Å². The number of hydrogen-bond donors (Lipinski definition) is 1. The number of aromatic amines is 1. The van der Waals surface area contributed by atoms with Gasteiger partial charge in [0.25, 0.3) is 11.5 Å². The van der Waals surface area contributed by atoms with Crippen molar-refractivity contribution in [2.24, 2.45) is 0 Å². The zero-order valence-corrected chi connectivity index (χ0v) is 20.5. The van der Waals surface area contributed by atoms with Crippen molar-refractivity contribution < 1.29 is 13.6 Å². The molecule has 4 heterocycles. The maximum atomic E-state index is 13.5. The van der Waals surface area contributed by atoms with Crippen LogP contribution in [0.1, 0.15) is 42.5 Å². The van der Waals surface area contributed by atoms with Crippen molar-refractivity contribution in [3.8, 4) is 5.69 Å². The van der Waals surface area contributed by atoms with Crippen molar-refractivity contribution in [2.45, 2.75) is 57.4 Å². The fourth-order valence-electron chi connectivity index (χ4n) is 5.49. The second-order valence-corrected chi connectivity index (χ2v) is 10.9. The molecule has 0 spiro atoms. The van der Waals surface area contributed by atoms with Gasteiger partial charge in [0.05, 0.1) is 17.6 Å². The Hall–Kier alpha value is -3.27. The lowest BCUT2D eigenvalue weighted by Crippen LogP contribution is -2.33. The first kappa shape index (κ1) is 23.1. The van der Waals surface area contributed by atoms with Gasteiger partial charge in [-0.05, 0) is 55.5 Å². The number of H-pyrrole nitrogens is 1. The molecule has 0 saturated carbocycles. The maximum absolute atomic E-state index is 13.5. The second-order valence-electron chi connectivity index (χ2n) is 9.76. The van der Waals surface area contributed by atoms with Gasteiger partial charge in [-0.25, -0.2) is 18.1 Å². The number of aryl methyl sites for hydroxylation is 3. The van der Waals surface area contributed by atoms with E-state index >= 15 is 0 Å². The predicted molar refractivity (Wildman–Crippen MR) is 136 cm³/mol. The maximum Gasteiger partial charge on any atom is 0.334 e. The number of aromatic nitrogens is 3. The summed E-state index contributed by atoms with van der Waals surface area (Å²) < 4.78 is 30.0. The molecular weight excluding hydrogens is 486 g/mol. The third-order valence-electron chi connectivity index (χ3n) is 7.36. The lowest BCUT2D eigenvalue weighted by atomic mass is 10.1. The Labute approximate surface area is 209 Å². The molecule has 0 atom stereocenters. The highest BCUT2D eigenvalue weighted by atomic mass is 32.1. The molecule has 6 rings (SSSR count). The largest absolute Gasteiger partial charge is 0.347 e. The monoisotopic (exact) mass is 512 g/mol. The van der Waals surface area contributed by atoms with Crippen LogP contribution in [0.15, 0.2) is 40.1 Å². The molecule has 10 heteroatoms. The van der Waals surface area contributed by atoms with Gasteiger partial charge in [0.15, 0.2) is 0 Å². The number of benzene rings is 1. The zero-order valence-electron chi connectivity index (χ0n) is 19.7. The van der Waals surface area contributed by atoms with Gasteiger partial charge in [-0.3, -0.25) is 14.6 Å². The number of likely N-dealkylation sites (tertiary alicyclic amines) is 1. The number of halogens is 2. The first-order chi connectivity index (χ1) is 17.3. The van der Waals surface area contributed by atoms with Gasteiger partial charge in [0, 0.05) is 47.9 Å². The van der Waals surface area contributed by atoms with E-state index in [0.717, 1.165) is 48.6 Å². The number of carbonyl (C=O) groups is 1. The van der Waals surface area contributed by atoms with Crippen LogP contribution < -0.4 is 11.2 Å². The Morgan fingerprint density at radius 2 is 1.94 bits per heavy atom.